The molecule has 0 aliphatic rings. The summed E-state index contributed by atoms with van der Waals surface area (Å²) in [5, 5.41) is 0. The molecule has 0 amide bonds. The summed E-state index contributed by atoms with van der Waals surface area (Å²) >= 11 is 0. The SMILES string of the molecule is CCCCCCCCCCN(Cc1nc2ccccc2[nH]1)c1ccc(C)cc1. The van der Waals surface area contributed by atoms with E-state index in [-0.39, 0.29) is 0 Å². The molecule has 0 saturated heterocycles. The lowest BCUT2D eigenvalue weighted by Gasteiger charge is -2.24. The quantitative estimate of drug-likeness (QED) is 0.344. The Labute approximate surface area is 170 Å². The summed E-state index contributed by atoms with van der Waals surface area (Å²) in [6.45, 7) is 6.33. The van der Waals surface area contributed by atoms with Crippen LogP contribution in [0.2, 0.25) is 0 Å². The first-order valence-electron chi connectivity index (χ1n) is 11.0. The molecule has 0 saturated carbocycles. The number of benzene rings is 2. The first kappa shape index (κ1) is 20.4. The minimum absolute atomic E-state index is 0.828. The molecule has 0 fully saturated rings. The van der Waals surface area contributed by atoms with Gasteiger partial charge in [0.1, 0.15) is 5.82 Å². The minimum atomic E-state index is 0.828. The molecule has 1 N–H and O–H groups in total. The van der Waals surface area contributed by atoms with E-state index >= 15 is 0 Å². The van der Waals surface area contributed by atoms with Gasteiger partial charge >= 0.3 is 0 Å². The number of H-pyrrole nitrogens is 1. The van der Waals surface area contributed by atoms with E-state index in [1.165, 1.54) is 62.6 Å². The van der Waals surface area contributed by atoms with Crippen molar-refractivity contribution < 1.29 is 0 Å². The van der Waals surface area contributed by atoms with Crippen molar-refractivity contribution in [3.05, 3.63) is 59.9 Å². The van der Waals surface area contributed by atoms with Crippen molar-refractivity contribution in [2.24, 2.45) is 0 Å². The first-order chi connectivity index (χ1) is 13.8. The average molecular weight is 378 g/mol. The molecule has 0 spiro atoms. The summed E-state index contributed by atoms with van der Waals surface area (Å²) in [7, 11) is 0. The Bertz CT molecular complexity index is 786. The number of imidazole rings is 1. The van der Waals surface area contributed by atoms with Gasteiger partial charge in [-0.1, -0.05) is 81.7 Å². The normalized spacial score (nSPS) is 11.2. The van der Waals surface area contributed by atoms with E-state index in [0.717, 1.165) is 29.9 Å². The van der Waals surface area contributed by atoms with Crippen molar-refractivity contribution in [2.45, 2.75) is 71.8 Å². The van der Waals surface area contributed by atoms with Crippen LogP contribution in [-0.4, -0.2) is 16.5 Å². The number of hydrogen-bond donors (Lipinski definition) is 1. The molecule has 150 valence electrons. The van der Waals surface area contributed by atoms with Gasteiger partial charge in [0.05, 0.1) is 17.6 Å². The molecule has 3 aromatic rings. The molecular formula is C25H35N3. The lowest BCUT2D eigenvalue weighted by molar-refractivity contribution is 0.570. The molecular weight excluding hydrogens is 342 g/mol. The van der Waals surface area contributed by atoms with Crippen molar-refractivity contribution >= 4 is 16.7 Å². The van der Waals surface area contributed by atoms with E-state index in [4.69, 9.17) is 4.98 Å². The summed E-state index contributed by atoms with van der Waals surface area (Å²) in [5.41, 5.74) is 4.76. The predicted octanol–water partition coefficient (Wildman–Crippen LogP) is 7.02. The van der Waals surface area contributed by atoms with E-state index < -0.39 is 0 Å². The largest absolute Gasteiger partial charge is 0.364 e. The number of hydrogen-bond acceptors (Lipinski definition) is 2. The number of para-hydroxylation sites is 2. The van der Waals surface area contributed by atoms with Gasteiger partial charge in [-0.05, 0) is 37.6 Å². The first-order valence-corrected chi connectivity index (χ1v) is 11.0. The highest BCUT2D eigenvalue weighted by Gasteiger charge is 2.10. The average Bonchev–Trinajstić information content (AvgIpc) is 3.12. The van der Waals surface area contributed by atoms with Gasteiger partial charge in [0.15, 0.2) is 0 Å². The fourth-order valence-electron chi connectivity index (χ4n) is 3.75. The molecule has 0 atom stereocenters. The maximum atomic E-state index is 4.78. The van der Waals surface area contributed by atoms with Crippen LogP contribution in [0.25, 0.3) is 11.0 Å². The Hall–Kier alpha value is -2.29. The van der Waals surface area contributed by atoms with Crippen molar-refractivity contribution in [3.8, 4) is 0 Å². The summed E-state index contributed by atoms with van der Waals surface area (Å²) in [4.78, 5) is 10.7. The fourth-order valence-corrected chi connectivity index (χ4v) is 3.75. The molecule has 0 bridgehead atoms. The second-order valence-electron chi connectivity index (χ2n) is 7.93. The Morgan fingerprint density at radius 1 is 0.821 bits per heavy atom. The zero-order chi connectivity index (χ0) is 19.6. The van der Waals surface area contributed by atoms with Gasteiger partial charge in [-0.25, -0.2) is 4.98 Å². The summed E-state index contributed by atoms with van der Waals surface area (Å²) in [6, 6.07) is 17.2. The third kappa shape index (κ3) is 6.12. The molecule has 1 aromatic heterocycles. The summed E-state index contributed by atoms with van der Waals surface area (Å²) in [6.07, 6.45) is 10.8. The molecule has 3 nitrogen and oxygen atoms in total. The van der Waals surface area contributed by atoms with Crippen LogP contribution in [-0.2, 0) is 6.54 Å². The van der Waals surface area contributed by atoms with Gasteiger partial charge in [-0.3, -0.25) is 0 Å². The van der Waals surface area contributed by atoms with Crippen LogP contribution in [0.3, 0.4) is 0 Å². The maximum absolute atomic E-state index is 4.78. The molecule has 28 heavy (non-hydrogen) atoms. The molecule has 2 aromatic carbocycles. The van der Waals surface area contributed by atoms with Crippen LogP contribution >= 0.6 is 0 Å². The van der Waals surface area contributed by atoms with E-state index in [1.807, 2.05) is 6.07 Å². The summed E-state index contributed by atoms with van der Waals surface area (Å²) < 4.78 is 0. The lowest BCUT2D eigenvalue weighted by Crippen LogP contribution is -2.24. The Balaban J connectivity index is 1.57. The topological polar surface area (TPSA) is 31.9 Å². The number of anilines is 1. The number of nitrogens with one attached hydrogen (secondary N) is 1. The Kier molecular flexibility index (Phi) is 7.95. The molecule has 0 aliphatic heterocycles. The van der Waals surface area contributed by atoms with Crippen LogP contribution in [0.1, 0.15) is 69.7 Å². The van der Waals surface area contributed by atoms with Gasteiger partial charge < -0.3 is 9.88 Å². The zero-order valence-electron chi connectivity index (χ0n) is 17.6. The number of rotatable bonds is 12. The van der Waals surface area contributed by atoms with Crippen molar-refractivity contribution in [3.63, 3.8) is 0 Å². The van der Waals surface area contributed by atoms with Crippen LogP contribution in [0.5, 0.6) is 0 Å². The lowest BCUT2D eigenvalue weighted by atomic mass is 10.1. The highest BCUT2D eigenvalue weighted by atomic mass is 15.2. The Morgan fingerprint density at radius 2 is 1.50 bits per heavy atom. The van der Waals surface area contributed by atoms with Crippen molar-refractivity contribution in [2.75, 3.05) is 11.4 Å². The molecule has 1 heterocycles. The second-order valence-corrected chi connectivity index (χ2v) is 7.93. The monoisotopic (exact) mass is 377 g/mol. The van der Waals surface area contributed by atoms with Crippen LogP contribution in [0.4, 0.5) is 5.69 Å². The predicted molar refractivity (Wildman–Crippen MR) is 121 cm³/mol. The molecule has 3 rings (SSSR count). The van der Waals surface area contributed by atoms with Gasteiger partial charge in [-0.2, -0.15) is 0 Å². The zero-order valence-corrected chi connectivity index (χ0v) is 17.6. The van der Waals surface area contributed by atoms with Crippen LogP contribution in [0.15, 0.2) is 48.5 Å². The minimum Gasteiger partial charge on any atom is -0.364 e. The second kappa shape index (κ2) is 10.9. The number of nitrogens with zero attached hydrogens (tertiary/aromatic N) is 2. The van der Waals surface area contributed by atoms with Gasteiger partial charge in [0.25, 0.3) is 0 Å². The van der Waals surface area contributed by atoms with E-state index in [9.17, 15) is 0 Å². The number of fused-ring (bicyclic) bond motifs is 1. The summed E-state index contributed by atoms with van der Waals surface area (Å²) in [5.74, 6) is 1.04. The molecule has 0 radical (unpaired) electrons. The van der Waals surface area contributed by atoms with Gasteiger partial charge in [-0.15, -0.1) is 0 Å². The fraction of sp³-hybridized carbons (Fsp3) is 0.480. The van der Waals surface area contributed by atoms with Crippen molar-refractivity contribution in [1.82, 2.24) is 9.97 Å². The van der Waals surface area contributed by atoms with E-state index in [0.29, 0.717) is 0 Å². The number of aryl methyl sites for hydroxylation is 1. The van der Waals surface area contributed by atoms with E-state index in [1.54, 1.807) is 0 Å². The number of aromatic nitrogens is 2. The highest BCUT2D eigenvalue weighted by molar-refractivity contribution is 5.74. The molecule has 0 aliphatic carbocycles. The standard InChI is InChI=1S/C25H35N3/c1-3-4-5-6-7-8-9-12-19-28(22-17-15-21(2)16-18-22)20-25-26-23-13-10-11-14-24(23)27-25/h10-11,13-18H,3-9,12,19-20H2,1-2H3,(H,26,27). The van der Waals surface area contributed by atoms with Crippen molar-refractivity contribution in [1.29, 1.82) is 0 Å². The van der Waals surface area contributed by atoms with E-state index in [2.05, 4.69) is 66.2 Å². The third-order valence-corrected chi connectivity index (χ3v) is 5.46. The Morgan fingerprint density at radius 3 is 2.21 bits per heavy atom. The smallest absolute Gasteiger partial charge is 0.126 e. The van der Waals surface area contributed by atoms with Crippen LogP contribution in [0, 0.1) is 6.92 Å². The highest BCUT2D eigenvalue weighted by Crippen LogP contribution is 2.20. The number of aromatic amines is 1. The molecule has 0 unspecified atom stereocenters. The number of unbranched alkanes of at least 4 members (excludes halogenated alkanes) is 7. The maximum Gasteiger partial charge on any atom is 0.126 e. The third-order valence-electron chi connectivity index (χ3n) is 5.46. The van der Waals surface area contributed by atoms with Crippen LogP contribution < -0.4 is 4.90 Å². The molecule has 3 heteroatoms. The van der Waals surface area contributed by atoms with Gasteiger partial charge in [0.2, 0.25) is 0 Å². The van der Waals surface area contributed by atoms with Gasteiger partial charge in [0, 0.05) is 12.2 Å².